The third-order valence-electron chi connectivity index (χ3n) is 15.7. The van der Waals surface area contributed by atoms with Crippen LogP contribution in [0, 0.1) is 0 Å². The SMILES string of the molecule is CC/C=C\C/C=C\C/C=C\C/C=C\CCCCCCC(=O)OC(COC(=O)CCCCCCCCCCCCCCCCC)COC(=O)CCCCCCCCCCCCCCCCCCCCC/C=C\C/C=C\CCCCCCC. The molecular formula is C75H134O6. The summed E-state index contributed by atoms with van der Waals surface area (Å²) >= 11 is 0. The summed E-state index contributed by atoms with van der Waals surface area (Å²) in [5, 5.41) is 0. The molecule has 0 aromatic carbocycles. The molecule has 81 heavy (non-hydrogen) atoms. The molecule has 0 aromatic rings. The van der Waals surface area contributed by atoms with E-state index in [1.165, 1.54) is 225 Å². The lowest BCUT2D eigenvalue weighted by Gasteiger charge is -2.18. The quantitative estimate of drug-likeness (QED) is 0.0261. The highest BCUT2D eigenvalue weighted by Crippen LogP contribution is 2.18. The molecule has 0 aromatic heterocycles. The molecule has 0 saturated carbocycles. The Morgan fingerprint density at radius 3 is 0.753 bits per heavy atom. The second kappa shape index (κ2) is 69.3. The van der Waals surface area contributed by atoms with E-state index in [1.807, 2.05) is 0 Å². The van der Waals surface area contributed by atoms with Gasteiger partial charge in [0.15, 0.2) is 6.10 Å². The topological polar surface area (TPSA) is 78.9 Å². The number of allylic oxidation sites excluding steroid dienone is 12. The summed E-state index contributed by atoms with van der Waals surface area (Å²) in [5.41, 5.74) is 0. The highest BCUT2D eigenvalue weighted by atomic mass is 16.6. The third kappa shape index (κ3) is 67.5. The molecule has 1 atom stereocenters. The average Bonchev–Trinajstić information content (AvgIpc) is 3.47. The molecule has 0 radical (unpaired) electrons. The Bertz CT molecular complexity index is 1490. The maximum absolute atomic E-state index is 12.9. The number of ether oxygens (including phenoxy) is 3. The summed E-state index contributed by atoms with van der Waals surface area (Å²) < 4.78 is 17.0. The van der Waals surface area contributed by atoms with Gasteiger partial charge in [-0.1, -0.05) is 331 Å². The second-order valence-electron chi connectivity index (χ2n) is 23.8. The van der Waals surface area contributed by atoms with Gasteiger partial charge in [-0.05, 0) is 89.9 Å². The first-order chi connectivity index (χ1) is 40.0. The lowest BCUT2D eigenvalue weighted by molar-refractivity contribution is -0.167. The zero-order valence-corrected chi connectivity index (χ0v) is 54.1. The minimum absolute atomic E-state index is 0.0807. The van der Waals surface area contributed by atoms with Crippen molar-refractivity contribution >= 4 is 17.9 Å². The van der Waals surface area contributed by atoms with Gasteiger partial charge in [-0.25, -0.2) is 0 Å². The molecule has 470 valence electrons. The number of carbonyl (C=O) groups is 3. The van der Waals surface area contributed by atoms with Crippen molar-refractivity contribution in [1.82, 2.24) is 0 Å². The van der Waals surface area contributed by atoms with Crippen molar-refractivity contribution < 1.29 is 28.6 Å². The molecule has 0 heterocycles. The van der Waals surface area contributed by atoms with E-state index >= 15 is 0 Å². The van der Waals surface area contributed by atoms with Gasteiger partial charge in [0.1, 0.15) is 13.2 Å². The first kappa shape index (κ1) is 77.9. The van der Waals surface area contributed by atoms with Crippen LogP contribution in [0.2, 0.25) is 0 Å². The van der Waals surface area contributed by atoms with Crippen molar-refractivity contribution in [2.24, 2.45) is 0 Å². The van der Waals surface area contributed by atoms with E-state index in [1.54, 1.807) is 0 Å². The van der Waals surface area contributed by atoms with E-state index < -0.39 is 6.10 Å². The summed E-state index contributed by atoms with van der Waals surface area (Å²) in [6, 6.07) is 0. The van der Waals surface area contributed by atoms with E-state index in [0.717, 1.165) is 103 Å². The zero-order chi connectivity index (χ0) is 58.5. The predicted octanol–water partition coefficient (Wildman–Crippen LogP) is 24.4. The molecule has 0 aliphatic carbocycles. The Labute approximate surface area is 503 Å². The van der Waals surface area contributed by atoms with Crippen molar-refractivity contribution in [3.63, 3.8) is 0 Å². The summed E-state index contributed by atoms with van der Waals surface area (Å²) in [4.78, 5) is 38.4. The van der Waals surface area contributed by atoms with E-state index in [0.29, 0.717) is 19.3 Å². The van der Waals surface area contributed by atoms with Crippen LogP contribution in [0.1, 0.15) is 367 Å². The number of hydrogen-bond donors (Lipinski definition) is 0. The number of rotatable bonds is 65. The van der Waals surface area contributed by atoms with Gasteiger partial charge in [-0.2, -0.15) is 0 Å². The molecule has 0 N–H and O–H groups in total. The fraction of sp³-hybridized carbons (Fsp3) is 0.800. The molecule has 1 unspecified atom stereocenters. The standard InChI is InChI=1S/C75H134O6/c1-4-7-10-13-16-19-22-25-28-30-31-32-33-34-35-36-37-38-39-40-41-42-43-45-47-50-53-56-59-62-65-68-74(77)80-71-72(70-79-73(76)67-64-61-58-55-52-49-46-27-24-21-18-15-12-9-6-3)81-75(78)69-66-63-60-57-54-51-48-44-29-26-23-20-17-14-11-8-5-2/h8,11,17,20,22,25-26,29-31,48,51,72H,4-7,9-10,12-16,18-19,21,23-24,27-28,32-47,49-50,52-71H2,1-3H3/b11-8-,20-17-,25-22-,29-26-,31-30-,51-48-. The predicted molar refractivity (Wildman–Crippen MR) is 353 cm³/mol. The van der Waals surface area contributed by atoms with Gasteiger partial charge in [0.2, 0.25) is 0 Å². The van der Waals surface area contributed by atoms with Gasteiger partial charge >= 0.3 is 17.9 Å². The van der Waals surface area contributed by atoms with Gasteiger partial charge in [0.05, 0.1) is 0 Å². The normalized spacial score (nSPS) is 12.5. The monoisotopic (exact) mass is 1130 g/mol. The molecule has 0 amide bonds. The maximum atomic E-state index is 12.9. The summed E-state index contributed by atoms with van der Waals surface area (Å²) in [5.74, 6) is -0.882. The summed E-state index contributed by atoms with van der Waals surface area (Å²) in [6.07, 6.45) is 90.8. The number of unbranched alkanes of at least 4 members (excludes halogenated alkanes) is 42. The molecule has 0 aliphatic rings. The first-order valence-electron chi connectivity index (χ1n) is 35.4. The minimum Gasteiger partial charge on any atom is -0.462 e. The van der Waals surface area contributed by atoms with Gasteiger partial charge in [-0.3, -0.25) is 14.4 Å². The molecule has 0 saturated heterocycles. The molecular weight excluding hydrogens is 997 g/mol. The highest BCUT2D eigenvalue weighted by molar-refractivity contribution is 5.71. The van der Waals surface area contributed by atoms with Crippen LogP contribution in [-0.2, 0) is 28.6 Å². The van der Waals surface area contributed by atoms with E-state index in [-0.39, 0.29) is 31.1 Å². The van der Waals surface area contributed by atoms with Crippen molar-refractivity contribution in [2.75, 3.05) is 13.2 Å². The maximum Gasteiger partial charge on any atom is 0.306 e. The number of carbonyl (C=O) groups excluding carboxylic acids is 3. The fourth-order valence-corrected chi connectivity index (χ4v) is 10.4. The van der Waals surface area contributed by atoms with Crippen LogP contribution < -0.4 is 0 Å². The lowest BCUT2D eigenvalue weighted by atomic mass is 10.0. The fourth-order valence-electron chi connectivity index (χ4n) is 10.4. The van der Waals surface area contributed by atoms with Crippen molar-refractivity contribution in [3.8, 4) is 0 Å². The number of esters is 3. The molecule has 6 heteroatoms. The second-order valence-corrected chi connectivity index (χ2v) is 23.8. The van der Waals surface area contributed by atoms with Gasteiger partial charge in [0, 0.05) is 19.3 Å². The lowest BCUT2D eigenvalue weighted by Crippen LogP contribution is -2.30. The van der Waals surface area contributed by atoms with Crippen LogP contribution in [0.4, 0.5) is 0 Å². The average molecular weight is 1130 g/mol. The van der Waals surface area contributed by atoms with E-state index in [4.69, 9.17) is 14.2 Å². The van der Waals surface area contributed by atoms with Crippen LogP contribution in [0.5, 0.6) is 0 Å². The molecule has 0 aliphatic heterocycles. The Kier molecular flexibility index (Phi) is 66.6. The van der Waals surface area contributed by atoms with Gasteiger partial charge in [0.25, 0.3) is 0 Å². The molecule has 0 fully saturated rings. The van der Waals surface area contributed by atoms with Crippen LogP contribution in [0.15, 0.2) is 72.9 Å². The van der Waals surface area contributed by atoms with E-state index in [2.05, 4.69) is 93.7 Å². The van der Waals surface area contributed by atoms with E-state index in [9.17, 15) is 14.4 Å². The van der Waals surface area contributed by atoms with Crippen molar-refractivity contribution in [3.05, 3.63) is 72.9 Å². The van der Waals surface area contributed by atoms with Crippen molar-refractivity contribution in [2.45, 2.75) is 374 Å². The largest absolute Gasteiger partial charge is 0.462 e. The van der Waals surface area contributed by atoms with Crippen LogP contribution in [0.3, 0.4) is 0 Å². The molecule has 0 rings (SSSR count). The first-order valence-corrected chi connectivity index (χ1v) is 35.4. The van der Waals surface area contributed by atoms with Crippen LogP contribution in [0.25, 0.3) is 0 Å². The van der Waals surface area contributed by atoms with Crippen molar-refractivity contribution in [1.29, 1.82) is 0 Å². The Morgan fingerprint density at radius 1 is 0.259 bits per heavy atom. The smallest absolute Gasteiger partial charge is 0.306 e. The Balaban J connectivity index is 4.21. The number of hydrogen-bond acceptors (Lipinski definition) is 6. The molecule has 0 bridgehead atoms. The molecule has 0 spiro atoms. The van der Waals surface area contributed by atoms with Crippen LogP contribution in [-0.4, -0.2) is 37.2 Å². The Hall–Kier alpha value is -3.15. The zero-order valence-electron chi connectivity index (χ0n) is 54.1. The Morgan fingerprint density at radius 2 is 0.481 bits per heavy atom. The van der Waals surface area contributed by atoms with Gasteiger partial charge in [-0.15, -0.1) is 0 Å². The van der Waals surface area contributed by atoms with Crippen LogP contribution >= 0.6 is 0 Å². The highest BCUT2D eigenvalue weighted by Gasteiger charge is 2.19. The molecule has 6 nitrogen and oxygen atoms in total. The van der Waals surface area contributed by atoms with Gasteiger partial charge < -0.3 is 14.2 Å². The third-order valence-corrected chi connectivity index (χ3v) is 15.7. The summed E-state index contributed by atoms with van der Waals surface area (Å²) in [6.45, 7) is 6.55. The minimum atomic E-state index is -0.787. The summed E-state index contributed by atoms with van der Waals surface area (Å²) in [7, 11) is 0.